The average Bonchev–Trinajstić information content (AvgIpc) is 2.78. The molecular weight excluding hydrogens is 487 g/mol. The summed E-state index contributed by atoms with van der Waals surface area (Å²) < 4.78 is 11.3. The van der Waals surface area contributed by atoms with E-state index in [1.807, 2.05) is 6.92 Å². The molecular formula is C27H34Cl2N2O4. The molecule has 0 amide bonds. The molecule has 0 atom stereocenters. The molecule has 1 heterocycles. The van der Waals surface area contributed by atoms with Gasteiger partial charge in [-0.05, 0) is 55.0 Å². The van der Waals surface area contributed by atoms with Crippen molar-refractivity contribution in [3.05, 3.63) is 76.1 Å². The van der Waals surface area contributed by atoms with Crippen molar-refractivity contribution in [1.29, 1.82) is 0 Å². The molecule has 0 radical (unpaired) electrons. The molecule has 3 aromatic rings. The topological polar surface area (TPSA) is 94.7 Å². The average molecular weight is 521 g/mol. The van der Waals surface area contributed by atoms with Crippen LogP contribution in [0, 0.1) is 19.8 Å². The molecule has 0 saturated carbocycles. The number of methoxy groups -OCH3 is 1. The van der Waals surface area contributed by atoms with Gasteiger partial charge in [-0.2, -0.15) is 0 Å². The SMILES string of the molecule is COc1ccc(C(=O)O)c(OCc2c(C)nc(CC(C)C)c(CN)c2-c2ccc(C)cc2)c1.Cl.Cl. The largest absolute Gasteiger partial charge is 0.497 e. The first-order valence-corrected chi connectivity index (χ1v) is 11.1. The molecule has 0 saturated heterocycles. The Bertz CT molecular complexity index is 1150. The van der Waals surface area contributed by atoms with Gasteiger partial charge in [-0.15, -0.1) is 24.8 Å². The number of rotatable bonds is 9. The highest BCUT2D eigenvalue weighted by atomic mass is 35.5. The van der Waals surface area contributed by atoms with Crippen molar-refractivity contribution in [2.24, 2.45) is 11.7 Å². The van der Waals surface area contributed by atoms with Crippen LogP contribution in [0.15, 0.2) is 42.5 Å². The third-order valence-corrected chi connectivity index (χ3v) is 5.63. The molecule has 0 aliphatic carbocycles. The highest BCUT2D eigenvalue weighted by molar-refractivity contribution is 5.91. The molecule has 0 aliphatic rings. The number of ether oxygens (including phenoxy) is 2. The molecule has 1 aromatic heterocycles. The minimum Gasteiger partial charge on any atom is -0.497 e. The summed E-state index contributed by atoms with van der Waals surface area (Å²) in [6.45, 7) is 8.85. The monoisotopic (exact) mass is 520 g/mol. The van der Waals surface area contributed by atoms with E-state index in [0.717, 1.165) is 40.1 Å². The summed E-state index contributed by atoms with van der Waals surface area (Å²) in [6, 6.07) is 13.0. The maximum absolute atomic E-state index is 11.7. The zero-order valence-corrected chi connectivity index (χ0v) is 22.4. The van der Waals surface area contributed by atoms with Gasteiger partial charge in [0.25, 0.3) is 0 Å². The van der Waals surface area contributed by atoms with Crippen molar-refractivity contribution < 1.29 is 19.4 Å². The van der Waals surface area contributed by atoms with E-state index < -0.39 is 5.97 Å². The molecule has 0 fully saturated rings. The normalized spacial score (nSPS) is 10.4. The zero-order valence-electron chi connectivity index (χ0n) is 20.8. The van der Waals surface area contributed by atoms with Crippen LogP contribution < -0.4 is 15.2 Å². The Hall–Kier alpha value is -2.80. The Balaban J connectivity index is 0.00000306. The van der Waals surface area contributed by atoms with Gasteiger partial charge in [-0.1, -0.05) is 43.7 Å². The summed E-state index contributed by atoms with van der Waals surface area (Å²) in [4.78, 5) is 16.6. The van der Waals surface area contributed by atoms with Gasteiger partial charge in [0.15, 0.2) is 0 Å². The zero-order chi connectivity index (χ0) is 24.1. The summed E-state index contributed by atoms with van der Waals surface area (Å²) in [6.07, 6.45) is 0.826. The van der Waals surface area contributed by atoms with E-state index in [1.54, 1.807) is 12.1 Å². The Labute approximate surface area is 219 Å². The Morgan fingerprint density at radius 1 is 1.06 bits per heavy atom. The number of pyridine rings is 1. The van der Waals surface area contributed by atoms with Crippen LogP contribution in [0.4, 0.5) is 0 Å². The standard InChI is InChI=1S/C27H32N2O4.2ClH/c1-16(2)12-24-22(14-28)26(19-8-6-17(3)7-9-19)23(18(4)29-24)15-33-25-13-20(32-5)10-11-21(25)27(30)31;;/h6-11,13,16H,12,14-15,28H2,1-5H3,(H,30,31);2*1H. The van der Waals surface area contributed by atoms with Gasteiger partial charge in [0.05, 0.1) is 7.11 Å². The molecule has 3 N–H and O–H groups in total. The van der Waals surface area contributed by atoms with Gasteiger partial charge < -0.3 is 20.3 Å². The third-order valence-electron chi connectivity index (χ3n) is 5.63. The van der Waals surface area contributed by atoms with E-state index in [-0.39, 0.29) is 42.7 Å². The second-order valence-corrected chi connectivity index (χ2v) is 8.60. The van der Waals surface area contributed by atoms with Crippen LogP contribution >= 0.6 is 24.8 Å². The molecule has 35 heavy (non-hydrogen) atoms. The lowest BCUT2D eigenvalue weighted by molar-refractivity contribution is 0.0691. The summed E-state index contributed by atoms with van der Waals surface area (Å²) in [5.41, 5.74) is 13.3. The van der Waals surface area contributed by atoms with Gasteiger partial charge in [0.2, 0.25) is 0 Å². The number of hydrogen-bond acceptors (Lipinski definition) is 5. The lowest BCUT2D eigenvalue weighted by atomic mass is 9.90. The van der Waals surface area contributed by atoms with Crippen LogP contribution in [0.5, 0.6) is 11.5 Å². The second-order valence-electron chi connectivity index (χ2n) is 8.60. The predicted molar refractivity (Wildman–Crippen MR) is 144 cm³/mol. The van der Waals surface area contributed by atoms with Crippen LogP contribution in [0.25, 0.3) is 11.1 Å². The Morgan fingerprint density at radius 3 is 2.26 bits per heavy atom. The van der Waals surface area contributed by atoms with Crippen molar-refractivity contribution in [3.8, 4) is 22.6 Å². The van der Waals surface area contributed by atoms with Gasteiger partial charge in [0.1, 0.15) is 23.7 Å². The number of benzene rings is 2. The van der Waals surface area contributed by atoms with E-state index in [1.165, 1.54) is 18.7 Å². The van der Waals surface area contributed by atoms with Gasteiger partial charge in [-0.25, -0.2) is 4.79 Å². The van der Waals surface area contributed by atoms with E-state index in [2.05, 4.69) is 45.0 Å². The third kappa shape index (κ3) is 7.10. The number of hydrogen-bond donors (Lipinski definition) is 2. The molecule has 6 nitrogen and oxygen atoms in total. The molecule has 8 heteroatoms. The van der Waals surface area contributed by atoms with Crippen LogP contribution in [-0.2, 0) is 19.6 Å². The first kappa shape index (κ1) is 30.2. The van der Waals surface area contributed by atoms with E-state index >= 15 is 0 Å². The molecule has 0 unspecified atom stereocenters. The highest BCUT2D eigenvalue weighted by Crippen LogP contribution is 2.34. The smallest absolute Gasteiger partial charge is 0.339 e. The minimum absolute atomic E-state index is 0. The number of carboxylic acids is 1. The predicted octanol–water partition coefficient (Wildman–Crippen LogP) is 6.15. The maximum Gasteiger partial charge on any atom is 0.339 e. The number of nitrogens with zero attached hydrogens (tertiary/aromatic N) is 1. The first-order chi connectivity index (χ1) is 15.7. The molecule has 2 aromatic carbocycles. The minimum atomic E-state index is -1.06. The molecule has 3 rings (SSSR count). The molecule has 0 spiro atoms. The Morgan fingerprint density at radius 2 is 1.71 bits per heavy atom. The lowest BCUT2D eigenvalue weighted by Gasteiger charge is -2.22. The van der Waals surface area contributed by atoms with E-state index in [4.69, 9.17) is 20.2 Å². The molecule has 190 valence electrons. The summed E-state index contributed by atoms with van der Waals surface area (Å²) in [7, 11) is 1.53. The summed E-state index contributed by atoms with van der Waals surface area (Å²) in [5, 5.41) is 9.59. The van der Waals surface area contributed by atoms with Crippen LogP contribution in [0.1, 0.15) is 52.3 Å². The lowest BCUT2D eigenvalue weighted by Crippen LogP contribution is -2.14. The van der Waals surface area contributed by atoms with E-state index in [0.29, 0.717) is 18.2 Å². The quantitative estimate of drug-likeness (QED) is 0.351. The fraction of sp³-hybridized carbons (Fsp3) is 0.333. The number of nitrogens with two attached hydrogens (primary N) is 1. The summed E-state index contributed by atoms with van der Waals surface area (Å²) >= 11 is 0. The number of aryl methyl sites for hydroxylation is 2. The van der Waals surface area contributed by atoms with Gasteiger partial charge in [-0.3, -0.25) is 4.98 Å². The first-order valence-electron chi connectivity index (χ1n) is 11.1. The van der Waals surface area contributed by atoms with E-state index in [9.17, 15) is 9.90 Å². The van der Waals surface area contributed by atoms with Crippen molar-refractivity contribution in [2.45, 2.75) is 47.3 Å². The van der Waals surface area contributed by atoms with Gasteiger partial charge >= 0.3 is 5.97 Å². The van der Waals surface area contributed by atoms with Crippen LogP contribution in [0.2, 0.25) is 0 Å². The van der Waals surface area contributed by atoms with Crippen molar-refractivity contribution in [2.75, 3.05) is 7.11 Å². The second kappa shape index (κ2) is 13.3. The van der Waals surface area contributed by atoms with Crippen LogP contribution in [0.3, 0.4) is 0 Å². The molecule has 0 aliphatic heterocycles. The Kier molecular flexibility index (Phi) is 11.5. The number of carboxylic acid groups (broad SMARTS) is 1. The number of aromatic carboxylic acids is 1. The fourth-order valence-electron chi connectivity index (χ4n) is 3.94. The summed E-state index contributed by atoms with van der Waals surface area (Å²) in [5.74, 6) is 0.149. The molecule has 0 bridgehead atoms. The van der Waals surface area contributed by atoms with Crippen molar-refractivity contribution in [1.82, 2.24) is 4.98 Å². The maximum atomic E-state index is 11.7. The fourth-order valence-corrected chi connectivity index (χ4v) is 3.94. The van der Waals surface area contributed by atoms with Crippen LogP contribution in [-0.4, -0.2) is 23.2 Å². The van der Waals surface area contributed by atoms with Gasteiger partial charge in [0, 0.05) is 29.6 Å². The number of carbonyl (C=O) groups is 1. The van der Waals surface area contributed by atoms with Crippen molar-refractivity contribution >= 4 is 30.8 Å². The number of aromatic nitrogens is 1. The number of halogens is 2. The highest BCUT2D eigenvalue weighted by Gasteiger charge is 2.21. The van der Waals surface area contributed by atoms with Crippen molar-refractivity contribution in [3.63, 3.8) is 0 Å².